The lowest BCUT2D eigenvalue weighted by Gasteiger charge is -2.14. The van der Waals surface area contributed by atoms with Crippen LogP contribution < -0.4 is 10.6 Å². The molecule has 4 heteroatoms. The largest absolute Gasteiger partial charge is 0.381 e. The molecular formula is C14H20N2OS. The molecule has 2 atom stereocenters. The van der Waals surface area contributed by atoms with E-state index in [0.29, 0.717) is 12.5 Å². The molecule has 1 heterocycles. The molecule has 1 aliphatic rings. The SMILES string of the molecule is CCC(=O)Nc1cccc(NC2CSC(C)C2)c1. The Bertz CT molecular complexity index is 422. The zero-order chi connectivity index (χ0) is 13.0. The number of rotatable bonds is 4. The predicted octanol–water partition coefficient (Wildman–Crippen LogP) is 3.34. The fourth-order valence-corrected chi connectivity index (χ4v) is 3.24. The third kappa shape index (κ3) is 3.67. The van der Waals surface area contributed by atoms with Crippen LogP contribution in [0.25, 0.3) is 0 Å². The summed E-state index contributed by atoms with van der Waals surface area (Å²) in [7, 11) is 0. The maximum absolute atomic E-state index is 11.3. The Morgan fingerprint density at radius 3 is 2.89 bits per heavy atom. The van der Waals surface area contributed by atoms with E-state index in [9.17, 15) is 4.79 Å². The van der Waals surface area contributed by atoms with Crippen molar-refractivity contribution in [3.63, 3.8) is 0 Å². The molecule has 0 saturated carbocycles. The second kappa shape index (κ2) is 6.14. The molecule has 0 spiro atoms. The van der Waals surface area contributed by atoms with Crippen molar-refractivity contribution in [1.82, 2.24) is 0 Å². The number of amides is 1. The Hall–Kier alpha value is -1.16. The van der Waals surface area contributed by atoms with Gasteiger partial charge in [0.15, 0.2) is 0 Å². The molecule has 0 aliphatic carbocycles. The Kier molecular flexibility index (Phi) is 4.53. The van der Waals surface area contributed by atoms with Crippen LogP contribution in [0.1, 0.15) is 26.7 Å². The minimum atomic E-state index is 0.0530. The maximum Gasteiger partial charge on any atom is 0.224 e. The summed E-state index contributed by atoms with van der Waals surface area (Å²) in [5.74, 6) is 1.21. The fourth-order valence-electron chi connectivity index (χ4n) is 2.09. The lowest BCUT2D eigenvalue weighted by Crippen LogP contribution is -2.19. The van der Waals surface area contributed by atoms with Crippen molar-refractivity contribution in [2.24, 2.45) is 0 Å². The number of hydrogen-bond acceptors (Lipinski definition) is 3. The van der Waals surface area contributed by atoms with E-state index in [1.165, 1.54) is 6.42 Å². The van der Waals surface area contributed by atoms with Crippen LogP contribution in [0.3, 0.4) is 0 Å². The van der Waals surface area contributed by atoms with E-state index >= 15 is 0 Å². The number of anilines is 2. The first-order chi connectivity index (χ1) is 8.67. The van der Waals surface area contributed by atoms with E-state index in [2.05, 4.69) is 23.6 Å². The van der Waals surface area contributed by atoms with Gasteiger partial charge in [-0.25, -0.2) is 0 Å². The van der Waals surface area contributed by atoms with Gasteiger partial charge in [0.05, 0.1) is 0 Å². The van der Waals surface area contributed by atoms with Crippen LogP contribution in [0, 0.1) is 0 Å². The second-order valence-corrected chi connectivity index (χ2v) is 6.17. The number of hydrogen-bond donors (Lipinski definition) is 2. The summed E-state index contributed by atoms with van der Waals surface area (Å²) in [5.41, 5.74) is 1.95. The van der Waals surface area contributed by atoms with Crippen LogP contribution in [0.15, 0.2) is 24.3 Å². The first kappa shape index (κ1) is 13.3. The average Bonchev–Trinajstić information content (AvgIpc) is 2.75. The minimum absolute atomic E-state index is 0.0530. The highest BCUT2D eigenvalue weighted by Gasteiger charge is 2.21. The van der Waals surface area contributed by atoms with E-state index in [4.69, 9.17) is 0 Å². The highest BCUT2D eigenvalue weighted by Crippen LogP contribution is 2.28. The third-order valence-electron chi connectivity index (χ3n) is 3.04. The van der Waals surface area contributed by atoms with Crippen LogP contribution in [0.5, 0.6) is 0 Å². The molecule has 0 aromatic heterocycles. The molecule has 98 valence electrons. The van der Waals surface area contributed by atoms with Crippen molar-refractivity contribution in [3.8, 4) is 0 Å². The van der Waals surface area contributed by atoms with Crippen molar-refractivity contribution in [3.05, 3.63) is 24.3 Å². The summed E-state index contributed by atoms with van der Waals surface area (Å²) in [6, 6.07) is 8.49. The van der Waals surface area contributed by atoms with Crippen molar-refractivity contribution in [1.29, 1.82) is 0 Å². The number of nitrogens with one attached hydrogen (secondary N) is 2. The lowest BCUT2D eigenvalue weighted by molar-refractivity contribution is -0.115. The van der Waals surface area contributed by atoms with Crippen LogP contribution in [-0.4, -0.2) is 23.0 Å². The van der Waals surface area contributed by atoms with Gasteiger partial charge in [-0.2, -0.15) is 11.8 Å². The van der Waals surface area contributed by atoms with E-state index in [1.54, 1.807) is 0 Å². The summed E-state index contributed by atoms with van der Waals surface area (Å²) < 4.78 is 0. The van der Waals surface area contributed by atoms with Gasteiger partial charge >= 0.3 is 0 Å². The molecule has 3 nitrogen and oxygen atoms in total. The highest BCUT2D eigenvalue weighted by atomic mass is 32.2. The monoisotopic (exact) mass is 264 g/mol. The molecular weight excluding hydrogens is 244 g/mol. The van der Waals surface area contributed by atoms with Gasteiger partial charge in [0.25, 0.3) is 0 Å². The molecule has 1 amide bonds. The van der Waals surface area contributed by atoms with E-state index in [-0.39, 0.29) is 5.91 Å². The van der Waals surface area contributed by atoms with Gasteiger partial charge in [-0.05, 0) is 24.6 Å². The smallest absolute Gasteiger partial charge is 0.224 e. The molecule has 1 fully saturated rings. The predicted molar refractivity (Wildman–Crippen MR) is 79.3 cm³/mol. The highest BCUT2D eigenvalue weighted by molar-refractivity contribution is 8.00. The molecule has 18 heavy (non-hydrogen) atoms. The molecule has 2 N–H and O–H groups in total. The van der Waals surface area contributed by atoms with Gasteiger partial charge in [-0.15, -0.1) is 0 Å². The van der Waals surface area contributed by atoms with Gasteiger partial charge in [0, 0.05) is 34.8 Å². The van der Waals surface area contributed by atoms with Crippen molar-refractivity contribution in [2.75, 3.05) is 16.4 Å². The average molecular weight is 264 g/mol. The van der Waals surface area contributed by atoms with E-state index in [0.717, 1.165) is 22.4 Å². The maximum atomic E-state index is 11.3. The van der Waals surface area contributed by atoms with Crippen LogP contribution in [0.4, 0.5) is 11.4 Å². The van der Waals surface area contributed by atoms with Crippen LogP contribution >= 0.6 is 11.8 Å². The molecule has 0 bridgehead atoms. The normalized spacial score (nSPS) is 22.8. The summed E-state index contributed by atoms with van der Waals surface area (Å²) in [6.45, 7) is 4.12. The Balaban J connectivity index is 1.96. The number of thioether (sulfide) groups is 1. The number of carbonyl (C=O) groups is 1. The first-order valence-electron chi connectivity index (χ1n) is 6.45. The Morgan fingerprint density at radius 1 is 1.44 bits per heavy atom. The first-order valence-corrected chi connectivity index (χ1v) is 7.50. The number of carbonyl (C=O) groups excluding carboxylic acids is 1. The van der Waals surface area contributed by atoms with E-state index < -0.39 is 0 Å². The van der Waals surface area contributed by atoms with Crippen molar-refractivity contribution in [2.45, 2.75) is 38.0 Å². The second-order valence-electron chi connectivity index (χ2n) is 4.70. The summed E-state index contributed by atoms with van der Waals surface area (Å²) in [6.07, 6.45) is 1.71. The van der Waals surface area contributed by atoms with Gasteiger partial charge in [0.2, 0.25) is 5.91 Å². The molecule has 1 aromatic carbocycles. The third-order valence-corrected chi connectivity index (χ3v) is 4.39. The summed E-state index contributed by atoms with van der Waals surface area (Å²) in [4.78, 5) is 11.3. The summed E-state index contributed by atoms with van der Waals surface area (Å²) in [5, 5.41) is 7.15. The quantitative estimate of drug-likeness (QED) is 0.876. The lowest BCUT2D eigenvalue weighted by atomic mass is 10.2. The van der Waals surface area contributed by atoms with Crippen LogP contribution in [-0.2, 0) is 4.79 Å². The Morgan fingerprint density at radius 2 is 2.22 bits per heavy atom. The molecule has 1 aromatic rings. The minimum Gasteiger partial charge on any atom is -0.381 e. The van der Waals surface area contributed by atoms with Gasteiger partial charge in [-0.3, -0.25) is 4.79 Å². The zero-order valence-corrected chi connectivity index (χ0v) is 11.7. The standard InChI is InChI=1S/C14H20N2OS/c1-3-14(17)16-12-6-4-5-11(8-12)15-13-7-10(2)18-9-13/h4-6,8,10,13,15H,3,7,9H2,1-2H3,(H,16,17). The topological polar surface area (TPSA) is 41.1 Å². The Labute approximate surface area is 113 Å². The molecule has 2 unspecified atom stereocenters. The van der Waals surface area contributed by atoms with E-state index in [1.807, 2.05) is 36.9 Å². The fraction of sp³-hybridized carbons (Fsp3) is 0.500. The summed E-state index contributed by atoms with van der Waals surface area (Å²) >= 11 is 2.01. The van der Waals surface area contributed by atoms with Gasteiger partial charge in [0.1, 0.15) is 0 Å². The zero-order valence-electron chi connectivity index (χ0n) is 10.9. The molecule has 2 rings (SSSR count). The molecule has 0 radical (unpaired) electrons. The molecule has 1 saturated heterocycles. The van der Waals surface area contributed by atoms with Gasteiger partial charge < -0.3 is 10.6 Å². The molecule has 1 aliphatic heterocycles. The van der Waals surface area contributed by atoms with Crippen molar-refractivity contribution < 1.29 is 4.79 Å². The number of benzene rings is 1. The van der Waals surface area contributed by atoms with Gasteiger partial charge in [-0.1, -0.05) is 19.9 Å². The van der Waals surface area contributed by atoms with Crippen LogP contribution in [0.2, 0.25) is 0 Å². The van der Waals surface area contributed by atoms with Crippen molar-refractivity contribution >= 4 is 29.0 Å².